The standard InChI is InChI=1S/C14H21BrN2O4S.ClH/c1-20-12-8-13(21-2)14(7-11(12)15)22(18,19)17-10-5-3-9(16)4-6-10;/h7-10,17H,3-6,16H2,1-2H3;1H. The van der Waals surface area contributed by atoms with E-state index in [0.717, 1.165) is 25.7 Å². The molecule has 0 aromatic heterocycles. The van der Waals surface area contributed by atoms with Crippen molar-refractivity contribution in [1.82, 2.24) is 4.72 Å². The minimum atomic E-state index is -3.67. The summed E-state index contributed by atoms with van der Waals surface area (Å²) in [6.45, 7) is 0. The molecule has 6 nitrogen and oxygen atoms in total. The number of halogens is 2. The van der Waals surface area contributed by atoms with Gasteiger partial charge in [-0.1, -0.05) is 0 Å². The highest BCUT2D eigenvalue weighted by Crippen LogP contribution is 2.35. The molecular formula is C14H22BrClN2O4S. The van der Waals surface area contributed by atoms with E-state index in [1.54, 1.807) is 6.07 Å². The summed E-state index contributed by atoms with van der Waals surface area (Å²) in [5, 5.41) is 0. The molecule has 1 aliphatic carbocycles. The summed E-state index contributed by atoms with van der Waals surface area (Å²) < 4.78 is 38.9. The van der Waals surface area contributed by atoms with Gasteiger partial charge in [-0.2, -0.15) is 0 Å². The van der Waals surface area contributed by atoms with E-state index in [1.165, 1.54) is 20.3 Å². The Balaban J connectivity index is 0.00000264. The maximum atomic E-state index is 12.6. The fraction of sp³-hybridized carbons (Fsp3) is 0.571. The predicted molar refractivity (Wildman–Crippen MR) is 95.0 cm³/mol. The zero-order valence-corrected chi connectivity index (χ0v) is 16.3. The lowest BCUT2D eigenvalue weighted by Crippen LogP contribution is -2.40. The van der Waals surface area contributed by atoms with Gasteiger partial charge in [0.1, 0.15) is 16.4 Å². The molecule has 1 aromatic rings. The highest BCUT2D eigenvalue weighted by molar-refractivity contribution is 9.10. The van der Waals surface area contributed by atoms with Crippen LogP contribution in [0.5, 0.6) is 11.5 Å². The molecule has 0 spiro atoms. The smallest absolute Gasteiger partial charge is 0.244 e. The first-order chi connectivity index (χ1) is 10.4. The van der Waals surface area contributed by atoms with Gasteiger partial charge in [-0.05, 0) is 47.7 Å². The monoisotopic (exact) mass is 428 g/mol. The molecule has 1 fully saturated rings. The molecule has 0 heterocycles. The molecule has 0 radical (unpaired) electrons. The minimum Gasteiger partial charge on any atom is -0.495 e. The second kappa shape index (κ2) is 8.53. The summed E-state index contributed by atoms with van der Waals surface area (Å²) in [6, 6.07) is 3.13. The van der Waals surface area contributed by atoms with Crippen molar-refractivity contribution in [2.45, 2.75) is 42.7 Å². The molecule has 0 aliphatic heterocycles. The van der Waals surface area contributed by atoms with Crippen LogP contribution in [0.3, 0.4) is 0 Å². The Morgan fingerprint density at radius 3 is 2.22 bits per heavy atom. The quantitative estimate of drug-likeness (QED) is 0.750. The van der Waals surface area contributed by atoms with Gasteiger partial charge in [0.05, 0.1) is 18.7 Å². The average Bonchev–Trinajstić information content (AvgIpc) is 2.49. The maximum absolute atomic E-state index is 12.6. The minimum absolute atomic E-state index is 0. The lowest BCUT2D eigenvalue weighted by atomic mass is 9.93. The second-order valence-corrected chi connectivity index (χ2v) is 7.91. The van der Waals surface area contributed by atoms with Crippen LogP contribution in [0, 0.1) is 0 Å². The van der Waals surface area contributed by atoms with Gasteiger partial charge in [0.15, 0.2) is 0 Å². The lowest BCUT2D eigenvalue weighted by molar-refractivity contribution is 0.370. The predicted octanol–water partition coefficient (Wildman–Crippen LogP) is 2.44. The average molecular weight is 430 g/mol. The van der Waals surface area contributed by atoms with Crippen molar-refractivity contribution >= 4 is 38.4 Å². The first-order valence-electron chi connectivity index (χ1n) is 7.07. The third-order valence-corrected chi connectivity index (χ3v) is 5.98. The fourth-order valence-electron chi connectivity index (χ4n) is 2.56. The van der Waals surface area contributed by atoms with Crippen molar-refractivity contribution in [1.29, 1.82) is 0 Å². The number of benzene rings is 1. The lowest BCUT2D eigenvalue weighted by Gasteiger charge is -2.27. The molecule has 23 heavy (non-hydrogen) atoms. The van der Waals surface area contributed by atoms with E-state index in [-0.39, 0.29) is 35.1 Å². The molecule has 0 atom stereocenters. The number of sulfonamides is 1. The van der Waals surface area contributed by atoms with Gasteiger partial charge >= 0.3 is 0 Å². The van der Waals surface area contributed by atoms with Crippen LogP contribution in [0.15, 0.2) is 21.5 Å². The Bertz CT molecular complexity index is 634. The van der Waals surface area contributed by atoms with Gasteiger partial charge < -0.3 is 15.2 Å². The Labute approximate surface area is 151 Å². The molecule has 132 valence electrons. The normalized spacial score (nSPS) is 21.4. The topological polar surface area (TPSA) is 90.6 Å². The third-order valence-electron chi connectivity index (χ3n) is 3.82. The molecular weight excluding hydrogens is 408 g/mol. The number of nitrogens with one attached hydrogen (secondary N) is 1. The fourth-order valence-corrected chi connectivity index (χ4v) is 4.70. The van der Waals surface area contributed by atoms with Crippen LogP contribution in [0.4, 0.5) is 0 Å². The van der Waals surface area contributed by atoms with Gasteiger partial charge in [-0.15, -0.1) is 12.4 Å². The molecule has 0 saturated heterocycles. The van der Waals surface area contributed by atoms with Crippen molar-refractivity contribution in [3.63, 3.8) is 0 Å². The molecule has 0 amide bonds. The third kappa shape index (κ3) is 4.96. The van der Waals surface area contributed by atoms with E-state index >= 15 is 0 Å². The molecule has 1 aromatic carbocycles. The molecule has 9 heteroatoms. The van der Waals surface area contributed by atoms with Crippen LogP contribution in [-0.2, 0) is 10.0 Å². The van der Waals surface area contributed by atoms with E-state index in [9.17, 15) is 8.42 Å². The van der Waals surface area contributed by atoms with Crippen LogP contribution in [0.1, 0.15) is 25.7 Å². The van der Waals surface area contributed by atoms with Gasteiger partial charge in [0.2, 0.25) is 10.0 Å². The highest BCUT2D eigenvalue weighted by Gasteiger charge is 2.27. The Morgan fingerprint density at radius 1 is 1.13 bits per heavy atom. The number of ether oxygens (including phenoxy) is 2. The largest absolute Gasteiger partial charge is 0.495 e. The van der Waals surface area contributed by atoms with E-state index < -0.39 is 10.0 Å². The number of nitrogens with two attached hydrogens (primary N) is 1. The van der Waals surface area contributed by atoms with Crippen LogP contribution < -0.4 is 19.9 Å². The second-order valence-electron chi connectivity index (χ2n) is 5.37. The zero-order valence-electron chi connectivity index (χ0n) is 13.0. The van der Waals surface area contributed by atoms with Crippen molar-refractivity contribution in [2.24, 2.45) is 5.73 Å². The molecule has 1 aliphatic rings. The Morgan fingerprint density at radius 2 is 1.70 bits per heavy atom. The molecule has 0 unspecified atom stereocenters. The summed E-state index contributed by atoms with van der Waals surface area (Å²) in [7, 11) is -0.726. The first-order valence-corrected chi connectivity index (χ1v) is 9.34. The van der Waals surface area contributed by atoms with Crippen LogP contribution in [0.2, 0.25) is 0 Å². The van der Waals surface area contributed by atoms with E-state index in [0.29, 0.717) is 10.2 Å². The van der Waals surface area contributed by atoms with Gasteiger partial charge in [-0.3, -0.25) is 0 Å². The van der Waals surface area contributed by atoms with Gasteiger partial charge in [0.25, 0.3) is 0 Å². The number of rotatable bonds is 5. The molecule has 0 bridgehead atoms. The summed E-state index contributed by atoms with van der Waals surface area (Å²) in [5.74, 6) is 0.763. The van der Waals surface area contributed by atoms with Crippen LogP contribution >= 0.6 is 28.3 Å². The number of hydrogen-bond donors (Lipinski definition) is 2. The van der Waals surface area contributed by atoms with Crippen molar-refractivity contribution in [2.75, 3.05) is 14.2 Å². The van der Waals surface area contributed by atoms with Gasteiger partial charge in [-0.25, -0.2) is 13.1 Å². The Hall–Kier alpha value is -0.540. The van der Waals surface area contributed by atoms with Crippen molar-refractivity contribution in [3.8, 4) is 11.5 Å². The van der Waals surface area contributed by atoms with Crippen LogP contribution in [0.25, 0.3) is 0 Å². The summed E-state index contributed by atoms with van der Waals surface area (Å²) >= 11 is 3.31. The van der Waals surface area contributed by atoms with Crippen molar-refractivity contribution < 1.29 is 17.9 Å². The SMILES string of the molecule is COc1cc(OC)c(S(=O)(=O)NC2CCC(N)CC2)cc1Br.Cl. The maximum Gasteiger partial charge on any atom is 0.244 e. The zero-order chi connectivity index (χ0) is 16.3. The number of hydrogen-bond acceptors (Lipinski definition) is 5. The highest BCUT2D eigenvalue weighted by atomic mass is 79.9. The Kier molecular flexibility index (Phi) is 7.60. The molecule has 1 saturated carbocycles. The van der Waals surface area contributed by atoms with Crippen molar-refractivity contribution in [3.05, 3.63) is 16.6 Å². The first kappa shape index (κ1) is 20.5. The van der Waals surface area contributed by atoms with Crippen LogP contribution in [-0.4, -0.2) is 34.7 Å². The summed E-state index contributed by atoms with van der Waals surface area (Å²) in [5.41, 5.74) is 5.85. The van der Waals surface area contributed by atoms with E-state index in [4.69, 9.17) is 15.2 Å². The van der Waals surface area contributed by atoms with Gasteiger partial charge in [0, 0.05) is 18.2 Å². The van der Waals surface area contributed by atoms with E-state index in [2.05, 4.69) is 20.7 Å². The molecule has 3 N–H and O–H groups in total. The summed E-state index contributed by atoms with van der Waals surface area (Å²) in [6.07, 6.45) is 3.16. The van der Waals surface area contributed by atoms with E-state index in [1.807, 2.05) is 0 Å². The summed E-state index contributed by atoms with van der Waals surface area (Å²) in [4.78, 5) is 0.0950. The molecule has 2 rings (SSSR count). The number of methoxy groups -OCH3 is 2.